The van der Waals surface area contributed by atoms with Gasteiger partial charge < -0.3 is 0 Å². The van der Waals surface area contributed by atoms with Gasteiger partial charge in [0.2, 0.25) is 0 Å². The highest BCUT2D eigenvalue weighted by atomic mass is 19.1. The molecule has 1 amide bonds. The molecule has 90 valence electrons. The van der Waals surface area contributed by atoms with Gasteiger partial charge in [-0.3, -0.25) is 10.2 Å². The van der Waals surface area contributed by atoms with E-state index >= 15 is 0 Å². The van der Waals surface area contributed by atoms with Crippen molar-refractivity contribution in [3.8, 4) is 0 Å². The largest absolute Gasteiger partial charge is 0.287 e. The number of amides is 1. The number of benzene rings is 2. The molecule has 0 unspecified atom stereocenters. The number of rotatable bonds is 1. The molecule has 1 aliphatic rings. The number of nitrogens with one attached hydrogen (secondary N) is 2. The van der Waals surface area contributed by atoms with Crippen LogP contribution < -0.4 is 10.9 Å². The topological polar surface area (TPSA) is 41.1 Å². The summed E-state index contributed by atoms with van der Waals surface area (Å²) in [5.74, 6) is -0.384. The van der Waals surface area contributed by atoms with Gasteiger partial charge in [0.1, 0.15) is 5.82 Å². The van der Waals surface area contributed by atoms with E-state index in [-0.39, 0.29) is 11.7 Å². The van der Waals surface area contributed by atoms with Crippen LogP contribution in [0.25, 0.3) is 16.8 Å². The zero-order valence-corrected chi connectivity index (χ0v) is 9.53. The van der Waals surface area contributed by atoms with Gasteiger partial charge in [0.05, 0.1) is 0 Å². The maximum absolute atomic E-state index is 13.6. The third-order valence-corrected chi connectivity index (χ3v) is 3.01. The predicted octanol–water partition coefficient (Wildman–Crippen LogP) is 2.00. The van der Waals surface area contributed by atoms with E-state index < -0.39 is 0 Å². The van der Waals surface area contributed by atoms with Crippen molar-refractivity contribution in [3.63, 3.8) is 0 Å². The minimum absolute atomic E-state index is 0.136. The molecule has 0 aromatic heterocycles. The van der Waals surface area contributed by atoms with Crippen LogP contribution in [-0.2, 0) is 4.79 Å². The predicted molar refractivity (Wildman–Crippen MR) is 68.0 cm³/mol. The molecule has 1 aliphatic heterocycles. The van der Waals surface area contributed by atoms with Gasteiger partial charge in [0.25, 0.3) is 5.91 Å². The SMILES string of the molecule is O=C1NNC/C1=C\c1ccc(F)c2ccccc12. The maximum Gasteiger partial charge on any atom is 0.262 e. The molecule has 0 radical (unpaired) electrons. The molecule has 0 saturated carbocycles. The second-order valence-corrected chi connectivity index (χ2v) is 4.16. The van der Waals surface area contributed by atoms with E-state index in [2.05, 4.69) is 10.9 Å². The van der Waals surface area contributed by atoms with Crippen molar-refractivity contribution in [3.05, 3.63) is 53.4 Å². The van der Waals surface area contributed by atoms with E-state index in [1.165, 1.54) is 6.07 Å². The van der Waals surface area contributed by atoms with Crippen molar-refractivity contribution in [1.82, 2.24) is 10.9 Å². The van der Waals surface area contributed by atoms with Crippen LogP contribution in [-0.4, -0.2) is 12.5 Å². The highest BCUT2D eigenvalue weighted by Crippen LogP contribution is 2.23. The quantitative estimate of drug-likeness (QED) is 0.751. The van der Waals surface area contributed by atoms with Crippen LogP contribution in [0.5, 0.6) is 0 Å². The van der Waals surface area contributed by atoms with Crippen molar-refractivity contribution in [1.29, 1.82) is 0 Å². The third kappa shape index (κ3) is 1.76. The summed E-state index contributed by atoms with van der Waals surface area (Å²) in [7, 11) is 0. The Morgan fingerprint density at radius 1 is 1.11 bits per heavy atom. The summed E-state index contributed by atoms with van der Waals surface area (Å²) in [5, 5.41) is 1.38. The van der Waals surface area contributed by atoms with E-state index in [0.29, 0.717) is 17.5 Å². The lowest BCUT2D eigenvalue weighted by molar-refractivity contribution is -0.116. The normalized spacial score (nSPS) is 17.4. The Hall–Kier alpha value is -2.20. The Bertz CT molecular complexity index is 664. The Balaban J connectivity index is 2.18. The molecular weight excluding hydrogens is 231 g/mol. The van der Waals surface area contributed by atoms with Crippen molar-refractivity contribution in [2.75, 3.05) is 6.54 Å². The van der Waals surface area contributed by atoms with Crippen molar-refractivity contribution in [2.45, 2.75) is 0 Å². The summed E-state index contributed by atoms with van der Waals surface area (Å²) < 4.78 is 13.6. The average Bonchev–Trinajstić information content (AvgIpc) is 2.79. The first kappa shape index (κ1) is 10.9. The summed E-state index contributed by atoms with van der Waals surface area (Å²) in [5.41, 5.74) is 6.77. The second kappa shape index (κ2) is 4.23. The minimum atomic E-state index is -0.248. The fraction of sp³-hybridized carbons (Fsp3) is 0.0714. The summed E-state index contributed by atoms with van der Waals surface area (Å²) >= 11 is 0. The van der Waals surface area contributed by atoms with Crippen LogP contribution in [0.2, 0.25) is 0 Å². The summed E-state index contributed by atoms with van der Waals surface area (Å²) in [4.78, 5) is 11.5. The van der Waals surface area contributed by atoms with E-state index in [1.54, 1.807) is 24.3 Å². The number of carbonyl (C=O) groups excluding carboxylic acids is 1. The lowest BCUT2D eigenvalue weighted by Gasteiger charge is -2.04. The lowest BCUT2D eigenvalue weighted by Crippen LogP contribution is -2.25. The average molecular weight is 242 g/mol. The number of halogens is 1. The molecule has 0 atom stereocenters. The maximum atomic E-state index is 13.6. The molecule has 1 fully saturated rings. The standard InChI is InChI=1S/C14H11FN2O/c15-13-6-5-9(7-10-8-16-17-14(10)18)11-3-1-2-4-12(11)13/h1-7,16H,8H2,(H,17,18)/b10-7+. The molecular formula is C14H11FN2O. The van der Waals surface area contributed by atoms with E-state index in [9.17, 15) is 9.18 Å². The highest BCUT2D eigenvalue weighted by molar-refractivity contribution is 6.02. The van der Waals surface area contributed by atoms with E-state index in [4.69, 9.17) is 0 Å². The minimum Gasteiger partial charge on any atom is -0.287 e. The number of carbonyl (C=O) groups is 1. The first-order valence-corrected chi connectivity index (χ1v) is 5.67. The van der Waals surface area contributed by atoms with Crippen molar-refractivity contribution < 1.29 is 9.18 Å². The zero-order chi connectivity index (χ0) is 12.5. The fourth-order valence-corrected chi connectivity index (χ4v) is 2.10. The monoisotopic (exact) mass is 242 g/mol. The molecule has 3 nitrogen and oxygen atoms in total. The third-order valence-electron chi connectivity index (χ3n) is 3.01. The molecule has 3 rings (SSSR count). The molecule has 0 bridgehead atoms. The second-order valence-electron chi connectivity index (χ2n) is 4.16. The van der Waals surface area contributed by atoms with Gasteiger partial charge >= 0.3 is 0 Å². The molecule has 2 aromatic carbocycles. The summed E-state index contributed by atoms with van der Waals surface area (Å²) in [6.45, 7) is 0.477. The van der Waals surface area contributed by atoms with Crippen LogP contribution in [0.3, 0.4) is 0 Å². The van der Waals surface area contributed by atoms with Crippen molar-refractivity contribution in [2.24, 2.45) is 0 Å². The van der Waals surface area contributed by atoms with Gasteiger partial charge in [-0.15, -0.1) is 0 Å². The molecule has 0 spiro atoms. The zero-order valence-electron chi connectivity index (χ0n) is 9.53. The lowest BCUT2D eigenvalue weighted by atomic mass is 10.0. The van der Waals surface area contributed by atoms with Gasteiger partial charge in [-0.1, -0.05) is 30.3 Å². The summed E-state index contributed by atoms with van der Waals surface area (Å²) in [6.07, 6.45) is 1.79. The smallest absolute Gasteiger partial charge is 0.262 e. The Morgan fingerprint density at radius 3 is 2.61 bits per heavy atom. The molecule has 2 N–H and O–H groups in total. The molecule has 2 aromatic rings. The molecule has 1 heterocycles. The number of hydrogen-bond donors (Lipinski definition) is 2. The molecule has 18 heavy (non-hydrogen) atoms. The van der Waals surface area contributed by atoms with Crippen molar-refractivity contribution >= 4 is 22.8 Å². The van der Waals surface area contributed by atoms with Crippen LogP contribution in [0, 0.1) is 5.82 Å². The van der Waals surface area contributed by atoms with E-state index in [0.717, 1.165) is 10.9 Å². The van der Waals surface area contributed by atoms with Crippen LogP contribution >= 0.6 is 0 Å². The fourth-order valence-electron chi connectivity index (χ4n) is 2.10. The van der Waals surface area contributed by atoms with Gasteiger partial charge in [0.15, 0.2) is 0 Å². The van der Waals surface area contributed by atoms with Gasteiger partial charge in [-0.25, -0.2) is 9.82 Å². The van der Waals surface area contributed by atoms with Crippen LogP contribution in [0.4, 0.5) is 4.39 Å². The highest BCUT2D eigenvalue weighted by Gasteiger charge is 2.16. The van der Waals surface area contributed by atoms with Crippen LogP contribution in [0.1, 0.15) is 5.56 Å². The van der Waals surface area contributed by atoms with Gasteiger partial charge in [-0.2, -0.15) is 0 Å². The first-order valence-electron chi connectivity index (χ1n) is 5.67. The number of hydrogen-bond acceptors (Lipinski definition) is 2. The van der Waals surface area contributed by atoms with Crippen LogP contribution in [0.15, 0.2) is 42.0 Å². The van der Waals surface area contributed by atoms with E-state index in [1.807, 2.05) is 12.1 Å². The molecule has 4 heteroatoms. The Kier molecular flexibility index (Phi) is 2.57. The first-order chi connectivity index (χ1) is 8.75. The number of hydrazine groups is 1. The molecule has 0 aliphatic carbocycles. The summed E-state index contributed by atoms with van der Waals surface area (Å²) in [6, 6.07) is 10.4. The van der Waals surface area contributed by atoms with Gasteiger partial charge in [-0.05, 0) is 23.1 Å². The Morgan fingerprint density at radius 2 is 1.89 bits per heavy atom. The molecule has 1 saturated heterocycles. The number of fused-ring (bicyclic) bond motifs is 1. The van der Waals surface area contributed by atoms with Gasteiger partial charge in [0, 0.05) is 17.5 Å². The Labute approximate surface area is 103 Å².